The molecule has 0 fully saturated rings. The van der Waals surface area contributed by atoms with Crippen molar-refractivity contribution in [2.45, 2.75) is 13.0 Å². The summed E-state index contributed by atoms with van der Waals surface area (Å²) < 4.78 is 24.8. The van der Waals surface area contributed by atoms with Gasteiger partial charge in [0.15, 0.2) is 0 Å². The quantitative estimate of drug-likeness (QED) is 0.596. The van der Waals surface area contributed by atoms with Crippen LogP contribution >= 0.6 is 0 Å². The maximum Gasteiger partial charge on any atom is 0.372 e. The van der Waals surface area contributed by atoms with E-state index in [0.29, 0.717) is 0 Å². The molecule has 14 heavy (non-hydrogen) atoms. The van der Waals surface area contributed by atoms with Crippen LogP contribution in [0.4, 0.5) is 14.6 Å². The number of aromatic nitrogens is 1. The molecule has 0 spiro atoms. The minimum Gasteiger partial charge on any atom is -0.392 e. The first-order chi connectivity index (χ1) is 6.57. The van der Waals surface area contributed by atoms with Gasteiger partial charge in [-0.1, -0.05) is 0 Å². The Morgan fingerprint density at radius 1 is 1.64 bits per heavy atom. The van der Waals surface area contributed by atoms with Crippen molar-refractivity contribution in [2.75, 3.05) is 0 Å². The van der Waals surface area contributed by atoms with E-state index in [0.717, 1.165) is 12.3 Å². The number of halogens is 2. The van der Waals surface area contributed by atoms with Crippen LogP contribution < -0.4 is 0 Å². The summed E-state index contributed by atoms with van der Waals surface area (Å²) in [6.07, 6.45) is -2.01. The molecule has 0 atom stereocenters. The summed E-state index contributed by atoms with van der Waals surface area (Å²) in [5.41, 5.74) is -0.998. The van der Waals surface area contributed by atoms with E-state index in [4.69, 9.17) is 5.11 Å². The highest BCUT2D eigenvalue weighted by Gasteiger charge is 2.26. The minimum absolute atomic E-state index is 0.179. The second kappa shape index (κ2) is 4.05. The zero-order chi connectivity index (χ0) is 10.7. The standard InChI is InChI=1S/C7H6F2N2O3/c8-6(9)5-4(3-12)1-2-10-7(5)11(13)14/h1-2,6,12H,3H2. The zero-order valence-corrected chi connectivity index (χ0v) is 6.85. The van der Waals surface area contributed by atoms with Gasteiger partial charge in [-0.3, -0.25) is 0 Å². The lowest BCUT2D eigenvalue weighted by atomic mass is 10.1. The number of rotatable bonds is 3. The number of pyridine rings is 1. The Bertz CT molecular complexity index is 357. The molecule has 5 nitrogen and oxygen atoms in total. The summed E-state index contributed by atoms with van der Waals surface area (Å²) in [7, 11) is 0. The van der Waals surface area contributed by atoms with Gasteiger partial charge >= 0.3 is 5.82 Å². The molecule has 0 unspecified atom stereocenters. The topological polar surface area (TPSA) is 76.3 Å². The molecule has 1 heterocycles. The first kappa shape index (κ1) is 10.5. The van der Waals surface area contributed by atoms with Crippen molar-refractivity contribution >= 4 is 5.82 Å². The molecule has 1 N–H and O–H groups in total. The monoisotopic (exact) mass is 204 g/mol. The number of hydrogen-bond acceptors (Lipinski definition) is 4. The molecule has 1 aromatic rings. The van der Waals surface area contributed by atoms with E-state index in [9.17, 15) is 18.9 Å². The maximum absolute atomic E-state index is 12.4. The van der Waals surface area contributed by atoms with Gasteiger partial charge in [-0.2, -0.15) is 0 Å². The Kier molecular flexibility index (Phi) is 3.03. The fourth-order valence-corrected chi connectivity index (χ4v) is 1.02. The van der Waals surface area contributed by atoms with Gasteiger partial charge in [-0.25, -0.2) is 8.78 Å². The molecule has 76 valence electrons. The highest BCUT2D eigenvalue weighted by molar-refractivity contribution is 5.39. The van der Waals surface area contributed by atoms with Crippen LogP contribution in [0.15, 0.2) is 12.3 Å². The molecule has 0 radical (unpaired) electrons. The molecule has 0 aromatic carbocycles. The SMILES string of the molecule is O=[N+]([O-])c1nccc(CO)c1C(F)F. The van der Waals surface area contributed by atoms with E-state index in [1.54, 1.807) is 0 Å². The van der Waals surface area contributed by atoms with Crippen molar-refractivity contribution in [1.29, 1.82) is 0 Å². The van der Waals surface area contributed by atoms with Crippen LogP contribution in [0.25, 0.3) is 0 Å². The molecule has 0 aliphatic carbocycles. The highest BCUT2D eigenvalue weighted by Crippen LogP contribution is 2.29. The Balaban J connectivity index is 3.35. The fourth-order valence-electron chi connectivity index (χ4n) is 1.02. The second-order valence-corrected chi connectivity index (χ2v) is 2.42. The number of aliphatic hydroxyl groups is 1. The van der Waals surface area contributed by atoms with Crippen molar-refractivity contribution in [3.63, 3.8) is 0 Å². The smallest absolute Gasteiger partial charge is 0.372 e. The number of aliphatic hydroxyl groups excluding tert-OH is 1. The molecule has 0 saturated carbocycles. The fraction of sp³-hybridized carbons (Fsp3) is 0.286. The van der Waals surface area contributed by atoms with Gasteiger partial charge in [0.1, 0.15) is 11.8 Å². The molecule has 0 amide bonds. The lowest BCUT2D eigenvalue weighted by molar-refractivity contribution is -0.391. The summed E-state index contributed by atoms with van der Waals surface area (Å²) in [6.45, 7) is -0.678. The first-order valence-electron chi connectivity index (χ1n) is 3.59. The van der Waals surface area contributed by atoms with Crippen molar-refractivity contribution < 1.29 is 18.8 Å². The molecule has 0 saturated heterocycles. The molecular weight excluding hydrogens is 198 g/mol. The average molecular weight is 204 g/mol. The number of alkyl halides is 2. The summed E-state index contributed by atoms with van der Waals surface area (Å²) in [5, 5.41) is 19.0. The van der Waals surface area contributed by atoms with Crippen LogP contribution in [0, 0.1) is 10.1 Å². The van der Waals surface area contributed by atoms with Gasteiger partial charge in [-0.15, -0.1) is 0 Å². The third-order valence-corrected chi connectivity index (χ3v) is 1.62. The zero-order valence-electron chi connectivity index (χ0n) is 6.85. The summed E-state index contributed by atoms with van der Waals surface area (Å²) in [5.74, 6) is -0.911. The van der Waals surface area contributed by atoms with Crippen LogP contribution in [0.1, 0.15) is 17.6 Å². The van der Waals surface area contributed by atoms with Gasteiger partial charge < -0.3 is 15.2 Å². The van der Waals surface area contributed by atoms with Gasteiger partial charge in [-0.05, 0) is 21.5 Å². The Morgan fingerprint density at radius 3 is 2.71 bits per heavy atom. The van der Waals surface area contributed by atoms with E-state index in [-0.39, 0.29) is 5.56 Å². The number of nitro groups is 1. The van der Waals surface area contributed by atoms with Crippen LogP contribution in [0.3, 0.4) is 0 Å². The van der Waals surface area contributed by atoms with Crippen LogP contribution in [0.5, 0.6) is 0 Å². The van der Waals surface area contributed by atoms with E-state index >= 15 is 0 Å². The number of hydrogen-bond donors (Lipinski definition) is 1. The van der Waals surface area contributed by atoms with Crippen LogP contribution in [0.2, 0.25) is 0 Å². The predicted octanol–water partition coefficient (Wildman–Crippen LogP) is 1.42. The van der Waals surface area contributed by atoms with E-state index in [2.05, 4.69) is 4.98 Å². The van der Waals surface area contributed by atoms with Gasteiger partial charge in [0.25, 0.3) is 6.43 Å². The molecule has 7 heteroatoms. The largest absolute Gasteiger partial charge is 0.392 e. The molecule has 1 rings (SSSR count). The molecule has 1 aromatic heterocycles. The summed E-state index contributed by atoms with van der Waals surface area (Å²) in [4.78, 5) is 12.5. The van der Waals surface area contributed by atoms with E-state index in [1.165, 1.54) is 0 Å². The molecule has 0 aliphatic heterocycles. The van der Waals surface area contributed by atoms with Crippen molar-refractivity contribution in [2.24, 2.45) is 0 Å². The van der Waals surface area contributed by atoms with Crippen LogP contribution in [-0.2, 0) is 6.61 Å². The average Bonchev–Trinajstić information content (AvgIpc) is 2.16. The molecule has 0 aliphatic rings. The second-order valence-electron chi connectivity index (χ2n) is 2.42. The molecular formula is C7H6F2N2O3. The lowest BCUT2D eigenvalue weighted by Gasteiger charge is -2.05. The third kappa shape index (κ3) is 1.82. The minimum atomic E-state index is -3.02. The first-order valence-corrected chi connectivity index (χ1v) is 3.59. The highest BCUT2D eigenvalue weighted by atomic mass is 19.3. The van der Waals surface area contributed by atoms with Gasteiger partial charge in [0.2, 0.25) is 0 Å². The van der Waals surface area contributed by atoms with Gasteiger partial charge in [0, 0.05) is 0 Å². The summed E-state index contributed by atoms with van der Waals surface area (Å²) >= 11 is 0. The van der Waals surface area contributed by atoms with Crippen molar-refractivity contribution in [3.8, 4) is 0 Å². The third-order valence-electron chi connectivity index (χ3n) is 1.62. The Labute approximate surface area is 77.2 Å². The van der Waals surface area contributed by atoms with Gasteiger partial charge in [0.05, 0.1) is 6.61 Å². The predicted molar refractivity (Wildman–Crippen MR) is 41.8 cm³/mol. The van der Waals surface area contributed by atoms with E-state index < -0.39 is 29.3 Å². The lowest BCUT2D eigenvalue weighted by Crippen LogP contribution is -2.03. The van der Waals surface area contributed by atoms with E-state index in [1.807, 2.05) is 0 Å². The molecule has 0 bridgehead atoms. The van der Waals surface area contributed by atoms with Crippen LogP contribution in [-0.4, -0.2) is 15.0 Å². The Morgan fingerprint density at radius 2 is 2.29 bits per heavy atom. The Hall–Kier alpha value is -1.63. The maximum atomic E-state index is 12.4. The summed E-state index contributed by atoms with van der Waals surface area (Å²) in [6, 6.07) is 1.12. The van der Waals surface area contributed by atoms with Crippen molar-refractivity contribution in [1.82, 2.24) is 4.98 Å². The van der Waals surface area contributed by atoms with Crippen molar-refractivity contribution in [3.05, 3.63) is 33.5 Å². The normalized spacial score (nSPS) is 10.6. The number of nitrogens with zero attached hydrogens (tertiary/aromatic N) is 2.